The van der Waals surface area contributed by atoms with Gasteiger partial charge in [-0.25, -0.2) is 9.78 Å². The molecule has 2 atom stereocenters. The fourth-order valence-electron chi connectivity index (χ4n) is 3.34. The number of amides is 2. The second-order valence-corrected chi connectivity index (χ2v) is 7.30. The van der Waals surface area contributed by atoms with E-state index < -0.39 is 0 Å². The topological polar surface area (TPSA) is 59.0 Å². The quantitative estimate of drug-likeness (QED) is 0.849. The Kier molecular flexibility index (Phi) is 5.33. The highest BCUT2D eigenvalue weighted by Gasteiger charge is 2.28. The first kappa shape index (κ1) is 16.1. The highest BCUT2D eigenvalue weighted by atomic mass is 32.1. The summed E-state index contributed by atoms with van der Waals surface area (Å²) in [6.07, 6.45) is 10.4. The molecule has 0 aliphatic heterocycles. The van der Waals surface area contributed by atoms with Crippen LogP contribution in [0.5, 0.6) is 0 Å². The van der Waals surface area contributed by atoms with Gasteiger partial charge >= 0.3 is 6.03 Å². The average molecular weight is 332 g/mol. The predicted octanol–water partition coefficient (Wildman–Crippen LogP) is 3.56. The Morgan fingerprint density at radius 2 is 2.26 bits per heavy atom. The number of nitrogens with zero attached hydrogens (tertiary/aromatic N) is 2. The standard InChI is InChI=1S/C17H24N4OS/c1-13(11-21-9-8-18-12-21)19-17(22)20-16(14-5-2-3-6-14)15-7-4-10-23-15/h4,7-10,12-14,16H,2-3,5-6,11H2,1H3,(H2,19,20,22)/t13-,16+/m1/s1. The minimum Gasteiger partial charge on any atom is -0.335 e. The molecule has 1 fully saturated rings. The summed E-state index contributed by atoms with van der Waals surface area (Å²) in [6, 6.07) is 4.30. The van der Waals surface area contributed by atoms with E-state index >= 15 is 0 Å². The SMILES string of the molecule is C[C@H](Cn1ccnc1)NC(=O)N[C@H](c1cccs1)C1CCCC1. The lowest BCUT2D eigenvalue weighted by Crippen LogP contribution is -2.45. The van der Waals surface area contributed by atoms with Crippen molar-refractivity contribution in [2.24, 2.45) is 5.92 Å². The fourth-order valence-corrected chi connectivity index (χ4v) is 4.21. The van der Waals surface area contributed by atoms with Crippen LogP contribution in [0.3, 0.4) is 0 Å². The van der Waals surface area contributed by atoms with E-state index in [0.29, 0.717) is 5.92 Å². The Hall–Kier alpha value is -1.82. The van der Waals surface area contributed by atoms with Crippen molar-refractivity contribution in [2.75, 3.05) is 0 Å². The van der Waals surface area contributed by atoms with Gasteiger partial charge in [0.15, 0.2) is 0 Å². The maximum absolute atomic E-state index is 12.4. The summed E-state index contributed by atoms with van der Waals surface area (Å²) >= 11 is 1.73. The van der Waals surface area contributed by atoms with E-state index in [9.17, 15) is 4.79 Å². The third-order valence-corrected chi connectivity index (χ3v) is 5.38. The van der Waals surface area contributed by atoms with Crippen molar-refractivity contribution in [2.45, 2.75) is 51.2 Å². The van der Waals surface area contributed by atoms with Gasteiger partial charge in [-0.2, -0.15) is 0 Å². The summed E-state index contributed by atoms with van der Waals surface area (Å²) in [6.45, 7) is 2.73. The van der Waals surface area contributed by atoms with Crippen LogP contribution < -0.4 is 10.6 Å². The Labute approximate surface area is 141 Å². The predicted molar refractivity (Wildman–Crippen MR) is 92.4 cm³/mol. The van der Waals surface area contributed by atoms with Crippen molar-refractivity contribution < 1.29 is 4.79 Å². The van der Waals surface area contributed by atoms with Crippen LogP contribution in [0.4, 0.5) is 4.79 Å². The molecular formula is C17H24N4OS. The van der Waals surface area contributed by atoms with Gasteiger partial charge in [0.25, 0.3) is 0 Å². The molecule has 2 aromatic heterocycles. The maximum atomic E-state index is 12.4. The zero-order chi connectivity index (χ0) is 16.1. The Bertz CT molecular complexity index is 590. The smallest absolute Gasteiger partial charge is 0.315 e. The minimum atomic E-state index is -0.0806. The molecule has 23 heavy (non-hydrogen) atoms. The lowest BCUT2D eigenvalue weighted by atomic mass is 9.97. The van der Waals surface area contributed by atoms with Crippen molar-refractivity contribution in [1.29, 1.82) is 0 Å². The molecule has 0 radical (unpaired) electrons. The fraction of sp³-hybridized carbons (Fsp3) is 0.529. The average Bonchev–Trinajstić information content (AvgIpc) is 3.27. The molecule has 0 saturated heterocycles. The lowest BCUT2D eigenvalue weighted by molar-refractivity contribution is 0.227. The molecule has 0 unspecified atom stereocenters. The summed E-state index contributed by atoms with van der Waals surface area (Å²) in [5.41, 5.74) is 0. The second kappa shape index (κ2) is 7.64. The molecule has 2 N–H and O–H groups in total. The van der Waals surface area contributed by atoms with Crippen LogP contribution in [0, 0.1) is 5.92 Å². The Morgan fingerprint density at radius 3 is 2.91 bits per heavy atom. The molecule has 2 aromatic rings. The number of carbonyl (C=O) groups is 1. The summed E-state index contributed by atoms with van der Waals surface area (Å²) < 4.78 is 1.97. The molecule has 6 heteroatoms. The number of rotatable bonds is 6. The first-order chi connectivity index (χ1) is 11.2. The van der Waals surface area contributed by atoms with E-state index in [1.54, 1.807) is 23.9 Å². The zero-order valence-corrected chi connectivity index (χ0v) is 14.3. The largest absolute Gasteiger partial charge is 0.335 e. The van der Waals surface area contributed by atoms with Gasteiger partial charge < -0.3 is 15.2 Å². The number of imidazole rings is 1. The van der Waals surface area contributed by atoms with Gasteiger partial charge in [0.05, 0.1) is 12.4 Å². The van der Waals surface area contributed by atoms with Crippen LogP contribution in [-0.2, 0) is 6.54 Å². The van der Waals surface area contributed by atoms with Crippen LogP contribution >= 0.6 is 11.3 Å². The molecule has 0 spiro atoms. The van der Waals surface area contributed by atoms with Gasteiger partial charge in [0, 0.05) is 29.9 Å². The molecule has 2 heterocycles. The van der Waals surface area contributed by atoms with Crippen molar-refractivity contribution in [3.05, 3.63) is 41.1 Å². The summed E-state index contributed by atoms with van der Waals surface area (Å²) in [5.74, 6) is 0.559. The monoisotopic (exact) mass is 332 g/mol. The van der Waals surface area contributed by atoms with Crippen molar-refractivity contribution in [3.63, 3.8) is 0 Å². The molecule has 0 aromatic carbocycles. The molecule has 2 amide bonds. The highest BCUT2D eigenvalue weighted by Crippen LogP contribution is 2.37. The number of hydrogen-bond donors (Lipinski definition) is 2. The van der Waals surface area contributed by atoms with E-state index in [4.69, 9.17) is 0 Å². The number of aromatic nitrogens is 2. The van der Waals surface area contributed by atoms with Crippen LogP contribution in [0.25, 0.3) is 0 Å². The molecule has 124 valence electrons. The van der Waals surface area contributed by atoms with Crippen LogP contribution in [-0.4, -0.2) is 21.6 Å². The van der Waals surface area contributed by atoms with Crippen molar-refractivity contribution >= 4 is 17.4 Å². The number of hydrogen-bond acceptors (Lipinski definition) is 3. The number of urea groups is 1. The first-order valence-electron chi connectivity index (χ1n) is 8.28. The van der Waals surface area contributed by atoms with Gasteiger partial charge in [0.1, 0.15) is 0 Å². The van der Waals surface area contributed by atoms with E-state index in [1.165, 1.54) is 30.6 Å². The van der Waals surface area contributed by atoms with E-state index in [2.05, 4.69) is 33.1 Å². The molecule has 1 aliphatic rings. The van der Waals surface area contributed by atoms with Crippen molar-refractivity contribution in [1.82, 2.24) is 20.2 Å². The molecule has 1 saturated carbocycles. The Balaban J connectivity index is 1.57. The normalized spacial score (nSPS) is 17.8. The summed E-state index contributed by atoms with van der Waals surface area (Å²) in [5, 5.41) is 8.33. The molecule has 1 aliphatic carbocycles. The van der Waals surface area contributed by atoms with Gasteiger partial charge in [-0.05, 0) is 37.1 Å². The van der Waals surface area contributed by atoms with Gasteiger partial charge in [-0.15, -0.1) is 11.3 Å². The van der Waals surface area contributed by atoms with E-state index in [0.717, 1.165) is 6.54 Å². The molecule has 3 rings (SSSR count). The van der Waals surface area contributed by atoms with Gasteiger partial charge in [-0.1, -0.05) is 18.9 Å². The number of thiophene rings is 1. The number of nitrogens with one attached hydrogen (secondary N) is 2. The summed E-state index contributed by atoms with van der Waals surface area (Å²) in [7, 11) is 0. The number of carbonyl (C=O) groups excluding carboxylic acids is 1. The maximum Gasteiger partial charge on any atom is 0.315 e. The molecular weight excluding hydrogens is 308 g/mol. The highest BCUT2D eigenvalue weighted by molar-refractivity contribution is 7.10. The van der Waals surface area contributed by atoms with E-state index in [1.807, 2.05) is 17.7 Å². The minimum absolute atomic E-state index is 0.0526. The molecule has 5 nitrogen and oxygen atoms in total. The van der Waals surface area contributed by atoms with Crippen LogP contribution in [0.1, 0.15) is 43.5 Å². The third-order valence-electron chi connectivity index (χ3n) is 4.43. The van der Waals surface area contributed by atoms with Crippen molar-refractivity contribution in [3.8, 4) is 0 Å². The van der Waals surface area contributed by atoms with E-state index in [-0.39, 0.29) is 18.1 Å². The molecule has 0 bridgehead atoms. The second-order valence-electron chi connectivity index (χ2n) is 6.32. The van der Waals surface area contributed by atoms with Crippen LogP contribution in [0.15, 0.2) is 36.2 Å². The van der Waals surface area contributed by atoms with Gasteiger partial charge in [0.2, 0.25) is 0 Å². The third kappa shape index (κ3) is 4.34. The van der Waals surface area contributed by atoms with Gasteiger partial charge in [-0.3, -0.25) is 0 Å². The Morgan fingerprint density at radius 1 is 1.43 bits per heavy atom. The summed E-state index contributed by atoms with van der Waals surface area (Å²) in [4.78, 5) is 17.7. The lowest BCUT2D eigenvalue weighted by Gasteiger charge is -2.25. The zero-order valence-electron chi connectivity index (χ0n) is 13.4. The van der Waals surface area contributed by atoms with Crippen LogP contribution in [0.2, 0.25) is 0 Å². The first-order valence-corrected chi connectivity index (χ1v) is 9.16.